The van der Waals surface area contributed by atoms with Crippen LogP contribution in [0, 0.1) is 5.92 Å². The van der Waals surface area contributed by atoms with Gasteiger partial charge in [-0.1, -0.05) is 32.0 Å². The fraction of sp³-hybridized carbons (Fsp3) is 0.500. The van der Waals surface area contributed by atoms with Crippen molar-refractivity contribution in [1.82, 2.24) is 5.01 Å². The zero-order chi connectivity index (χ0) is 18.0. The second kappa shape index (κ2) is 6.80. The van der Waals surface area contributed by atoms with E-state index in [1.54, 1.807) is 30.3 Å². The molecule has 0 bridgehead atoms. The first-order chi connectivity index (χ1) is 11.1. The molecule has 132 valence electrons. The molecule has 1 aliphatic heterocycles. The number of carbonyl (C=O) groups is 1. The van der Waals surface area contributed by atoms with E-state index in [0.717, 1.165) is 0 Å². The smallest absolute Gasteiger partial charge is 0.438 e. The molecule has 8 heteroatoms. The lowest BCUT2D eigenvalue weighted by atomic mass is 9.99. The normalized spacial score (nSPS) is 21.1. The van der Waals surface area contributed by atoms with Gasteiger partial charge in [0.1, 0.15) is 5.75 Å². The quantitative estimate of drug-likeness (QED) is 0.893. The first-order valence-electron chi connectivity index (χ1n) is 7.50. The molecule has 1 atom stereocenters. The third-order valence-corrected chi connectivity index (χ3v) is 3.48. The van der Waals surface area contributed by atoms with Crippen LogP contribution in [0.1, 0.15) is 26.7 Å². The summed E-state index contributed by atoms with van der Waals surface area (Å²) < 4.78 is 45.0. The average Bonchev–Trinajstić information content (AvgIpc) is 2.83. The van der Waals surface area contributed by atoms with Gasteiger partial charge in [-0.05, 0) is 24.5 Å². The summed E-state index contributed by atoms with van der Waals surface area (Å²) in [7, 11) is 0. The third kappa shape index (κ3) is 3.87. The third-order valence-electron chi connectivity index (χ3n) is 3.48. The highest BCUT2D eigenvalue weighted by atomic mass is 19.4. The van der Waals surface area contributed by atoms with Gasteiger partial charge in [0.05, 0.1) is 0 Å². The number of benzene rings is 1. The van der Waals surface area contributed by atoms with E-state index in [-0.39, 0.29) is 23.1 Å². The molecule has 1 aliphatic rings. The maximum absolute atomic E-state index is 13.3. The predicted octanol–water partition coefficient (Wildman–Crippen LogP) is 2.95. The maximum Gasteiger partial charge on any atom is 0.438 e. The molecule has 0 saturated carbocycles. The highest BCUT2D eigenvalue weighted by Crippen LogP contribution is 2.41. The molecular formula is C16H19F3N2O3. The van der Waals surface area contributed by atoms with E-state index in [9.17, 15) is 23.1 Å². The molecule has 24 heavy (non-hydrogen) atoms. The largest absolute Gasteiger partial charge is 0.484 e. The fourth-order valence-electron chi connectivity index (χ4n) is 2.41. The molecule has 2 rings (SSSR count). The van der Waals surface area contributed by atoms with Crippen molar-refractivity contribution in [2.24, 2.45) is 11.0 Å². The van der Waals surface area contributed by atoms with Gasteiger partial charge < -0.3 is 9.84 Å². The van der Waals surface area contributed by atoms with Crippen LogP contribution in [0.15, 0.2) is 35.4 Å². The fourth-order valence-corrected chi connectivity index (χ4v) is 2.41. The number of para-hydroxylation sites is 1. The Morgan fingerprint density at radius 1 is 1.38 bits per heavy atom. The van der Waals surface area contributed by atoms with Crippen molar-refractivity contribution in [3.05, 3.63) is 30.3 Å². The Labute approximate surface area is 137 Å². The number of hydrogen-bond donors (Lipinski definition) is 1. The van der Waals surface area contributed by atoms with Gasteiger partial charge in [0.15, 0.2) is 6.61 Å². The summed E-state index contributed by atoms with van der Waals surface area (Å²) in [5.41, 5.74) is -3.19. The number of nitrogens with zero attached hydrogens (tertiary/aromatic N) is 2. The number of carbonyl (C=O) groups excluding carboxylic acids is 1. The SMILES string of the molecule is CC(C)CC1=NN(C(=O)COc2ccccc2)[C@](O)(C(F)(F)F)C1. The van der Waals surface area contributed by atoms with Crippen molar-refractivity contribution in [2.75, 3.05) is 6.61 Å². The summed E-state index contributed by atoms with van der Waals surface area (Å²) >= 11 is 0. The summed E-state index contributed by atoms with van der Waals surface area (Å²) in [6.07, 6.45) is -5.49. The molecule has 0 aromatic heterocycles. The molecule has 0 saturated heterocycles. The van der Waals surface area contributed by atoms with Gasteiger partial charge in [-0.25, -0.2) is 0 Å². The van der Waals surface area contributed by atoms with Gasteiger partial charge >= 0.3 is 6.18 Å². The lowest BCUT2D eigenvalue weighted by molar-refractivity contribution is -0.302. The van der Waals surface area contributed by atoms with Crippen molar-refractivity contribution in [3.8, 4) is 5.75 Å². The number of rotatable bonds is 5. The van der Waals surface area contributed by atoms with E-state index >= 15 is 0 Å². The minimum Gasteiger partial charge on any atom is -0.484 e. The van der Waals surface area contributed by atoms with Crippen LogP contribution in [0.25, 0.3) is 0 Å². The molecule has 1 aromatic rings. The minimum atomic E-state index is -5.02. The number of amides is 1. The van der Waals surface area contributed by atoms with Crippen LogP contribution in [-0.2, 0) is 4.79 Å². The van der Waals surface area contributed by atoms with E-state index < -0.39 is 30.8 Å². The monoisotopic (exact) mass is 344 g/mol. The molecular weight excluding hydrogens is 325 g/mol. The van der Waals surface area contributed by atoms with Crippen molar-refractivity contribution >= 4 is 11.6 Å². The molecule has 0 unspecified atom stereocenters. The number of hydrogen-bond acceptors (Lipinski definition) is 4. The summed E-state index contributed by atoms with van der Waals surface area (Å²) in [5.74, 6) is -0.665. The number of halogens is 3. The molecule has 0 fully saturated rings. The number of hydrazone groups is 1. The summed E-state index contributed by atoms with van der Waals surface area (Å²) in [6, 6.07) is 8.21. The number of ether oxygens (including phenoxy) is 1. The van der Waals surface area contributed by atoms with Crippen molar-refractivity contribution < 1.29 is 27.8 Å². The zero-order valence-electron chi connectivity index (χ0n) is 13.4. The van der Waals surface area contributed by atoms with Gasteiger partial charge in [-0.2, -0.15) is 23.3 Å². The number of aliphatic hydroxyl groups is 1. The Bertz CT molecular complexity index is 617. The average molecular weight is 344 g/mol. The number of alkyl halides is 3. The van der Waals surface area contributed by atoms with Gasteiger partial charge in [0.2, 0.25) is 0 Å². The van der Waals surface area contributed by atoms with Crippen molar-refractivity contribution in [2.45, 2.75) is 38.6 Å². The Morgan fingerprint density at radius 2 is 2.00 bits per heavy atom. The van der Waals surface area contributed by atoms with Crippen LogP contribution >= 0.6 is 0 Å². The van der Waals surface area contributed by atoms with Gasteiger partial charge in [-0.3, -0.25) is 4.79 Å². The molecule has 5 nitrogen and oxygen atoms in total. The Morgan fingerprint density at radius 3 is 2.54 bits per heavy atom. The van der Waals surface area contributed by atoms with E-state index in [1.165, 1.54) is 0 Å². The van der Waals surface area contributed by atoms with Gasteiger partial charge in [0.25, 0.3) is 11.6 Å². The lowest BCUT2D eigenvalue weighted by Gasteiger charge is -2.32. The zero-order valence-corrected chi connectivity index (χ0v) is 13.4. The summed E-state index contributed by atoms with van der Waals surface area (Å²) in [5, 5.41) is 13.9. The van der Waals surface area contributed by atoms with Crippen LogP contribution in [0.3, 0.4) is 0 Å². The molecule has 1 amide bonds. The van der Waals surface area contributed by atoms with Crippen LogP contribution in [0.5, 0.6) is 5.75 Å². The second-order valence-electron chi connectivity index (χ2n) is 6.06. The first-order valence-corrected chi connectivity index (χ1v) is 7.50. The summed E-state index contributed by atoms with van der Waals surface area (Å²) in [6.45, 7) is 2.98. The van der Waals surface area contributed by atoms with E-state index in [2.05, 4.69) is 5.10 Å². The van der Waals surface area contributed by atoms with Crippen LogP contribution in [0.4, 0.5) is 13.2 Å². The Kier molecular flexibility index (Phi) is 5.17. The molecule has 0 aliphatic carbocycles. The molecule has 0 spiro atoms. The highest BCUT2D eigenvalue weighted by molar-refractivity contribution is 5.91. The predicted molar refractivity (Wildman–Crippen MR) is 81.3 cm³/mol. The molecule has 1 N–H and O–H groups in total. The van der Waals surface area contributed by atoms with Crippen molar-refractivity contribution in [1.29, 1.82) is 0 Å². The second-order valence-corrected chi connectivity index (χ2v) is 6.06. The maximum atomic E-state index is 13.3. The van der Waals surface area contributed by atoms with Gasteiger partial charge in [0, 0.05) is 12.1 Å². The Balaban J connectivity index is 2.15. The van der Waals surface area contributed by atoms with Crippen LogP contribution in [0.2, 0.25) is 0 Å². The lowest BCUT2D eigenvalue weighted by Crippen LogP contribution is -2.57. The van der Waals surface area contributed by atoms with E-state index in [0.29, 0.717) is 5.75 Å². The van der Waals surface area contributed by atoms with Gasteiger partial charge in [-0.15, -0.1) is 0 Å². The standard InChI is InChI=1S/C16H19F3N2O3/c1-11(2)8-12-9-15(23,16(17,18)19)21(20-12)14(22)10-24-13-6-4-3-5-7-13/h3-7,11,23H,8-10H2,1-2H3/t15-/m1/s1. The van der Waals surface area contributed by atoms with Crippen LogP contribution < -0.4 is 4.74 Å². The topological polar surface area (TPSA) is 62.1 Å². The summed E-state index contributed by atoms with van der Waals surface area (Å²) in [4.78, 5) is 12.1. The minimum absolute atomic E-state index is 0.0526. The molecule has 0 radical (unpaired) electrons. The highest BCUT2D eigenvalue weighted by Gasteiger charge is 2.63. The van der Waals surface area contributed by atoms with Crippen LogP contribution in [-0.4, -0.2) is 40.2 Å². The Hall–Kier alpha value is -2.09. The molecule has 1 aromatic carbocycles. The van der Waals surface area contributed by atoms with Crippen molar-refractivity contribution in [3.63, 3.8) is 0 Å². The first kappa shape index (κ1) is 18.3. The molecule has 1 heterocycles. The van der Waals surface area contributed by atoms with E-state index in [4.69, 9.17) is 4.74 Å². The van der Waals surface area contributed by atoms with E-state index in [1.807, 2.05) is 13.8 Å².